The SMILES string of the molecule is CNc1ncnc(NCC(C)C2CC2)c1[N+](=O)[O-]. The highest BCUT2D eigenvalue weighted by molar-refractivity contribution is 5.68. The van der Waals surface area contributed by atoms with Crippen LogP contribution in [0.25, 0.3) is 0 Å². The van der Waals surface area contributed by atoms with Gasteiger partial charge in [-0.2, -0.15) is 0 Å². The standard InChI is InChI=1S/C11H17N5O2/c1-7(8-3-4-8)5-13-11-9(16(17)18)10(12-2)14-6-15-11/h6-8H,3-5H2,1-2H3,(H2,12,13,14,15). The fourth-order valence-corrected chi connectivity index (χ4v) is 1.95. The van der Waals surface area contributed by atoms with E-state index in [-0.39, 0.29) is 17.3 Å². The van der Waals surface area contributed by atoms with E-state index in [2.05, 4.69) is 27.5 Å². The summed E-state index contributed by atoms with van der Waals surface area (Å²) in [6.07, 6.45) is 3.84. The molecule has 0 amide bonds. The van der Waals surface area contributed by atoms with Crippen molar-refractivity contribution >= 4 is 17.3 Å². The first-order valence-electron chi connectivity index (χ1n) is 6.04. The van der Waals surface area contributed by atoms with Crippen LogP contribution in [0.2, 0.25) is 0 Å². The Kier molecular flexibility index (Phi) is 3.59. The van der Waals surface area contributed by atoms with Crippen molar-refractivity contribution in [1.82, 2.24) is 9.97 Å². The molecule has 0 spiro atoms. The Hall–Kier alpha value is -1.92. The van der Waals surface area contributed by atoms with Gasteiger partial charge in [0.2, 0.25) is 11.6 Å². The zero-order chi connectivity index (χ0) is 13.1. The van der Waals surface area contributed by atoms with Crippen LogP contribution in [0.4, 0.5) is 17.3 Å². The summed E-state index contributed by atoms with van der Waals surface area (Å²) in [5.41, 5.74) is -0.0944. The molecule has 7 nitrogen and oxygen atoms in total. The van der Waals surface area contributed by atoms with Gasteiger partial charge in [-0.05, 0) is 24.7 Å². The van der Waals surface area contributed by atoms with E-state index in [1.807, 2.05) is 0 Å². The summed E-state index contributed by atoms with van der Waals surface area (Å²) in [7, 11) is 1.60. The van der Waals surface area contributed by atoms with Crippen molar-refractivity contribution in [2.75, 3.05) is 24.2 Å². The zero-order valence-electron chi connectivity index (χ0n) is 10.5. The molecule has 2 N–H and O–H groups in total. The molecule has 0 bridgehead atoms. The lowest BCUT2D eigenvalue weighted by atomic mass is 10.1. The van der Waals surface area contributed by atoms with Crippen LogP contribution in [-0.4, -0.2) is 28.5 Å². The number of aromatic nitrogens is 2. The highest BCUT2D eigenvalue weighted by Crippen LogP contribution is 2.37. The van der Waals surface area contributed by atoms with Gasteiger partial charge >= 0.3 is 5.69 Å². The van der Waals surface area contributed by atoms with Gasteiger partial charge in [0.15, 0.2) is 0 Å². The number of nitro groups is 1. The average molecular weight is 251 g/mol. The van der Waals surface area contributed by atoms with E-state index in [0.717, 1.165) is 5.92 Å². The van der Waals surface area contributed by atoms with Crippen LogP contribution in [0.1, 0.15) is 19.8 Å². The second kappa shape index (κ2) is 5.16. The van der Waals surface area contributed by atoms with Crippen molar-refractivity contribution in [2.45, 2.75) is 19.8 Å². The van der Waals surface area contributed by atoms with Crippen LogP contribution in [0.15, 0.2) is 6.33 Å². The molecule has 98 valence electrons. The third kappa shape index (κ3) is 2.66. The third-order valence-corrected chi connectivity index (χ3v) is 3.26. The molecule has 1 aromatic heterocycles. The van der Waals surface area contributed by atoms with Gasteiger partial charge in [0.25, 0.3) is 0 Å². The molecule has 1 saturated carbocycles. The molecule has 1 unspecified atom stereocenters. The minimum absolute atomic E-state index is 0.0944. The Morgan fingerprint density at radius 1 is 1.50 bits per heavy atom. The molecule has 1 heterocycles. The van der Waals surface area contributed by atoms with E-state index in [4.69, 9.17) is 0 Å². The van der Waals surface area contributed by atoms with Gasteiger partial charge in [-0.1, -0.05) is 6.92 Å². The Morgan fingerprint density at radius 3 is 2.72 bits per heavy atom. The number of nitrogens with zero attached hydrogens (tertiary/aromatic N) is 3. The van der Waals surface area contributed by atoms with Crippen molar-refractivity contribution in [3.8, 4) is 0 Å². The number of nitrogens with one attached hydrogen (secondary N) is 2. The maximum atomic E-state index is 11.0. The molecule has 0 aliphatic heterocycles. The fraction of sp³-hybridized carbons (Fsp3) is 0.636. The maximum Gasteiger partial charge on any atom is 0.353 e. The number of hydrogen-bond donors (Lipinski definition) is 2. The fourth-order valence-electron chi connectivity index (χ4n) is 1.95. The van der Waals surface area contributed by atoms with Crippen LogP contribution in [0.5, 0.6) is 0 Å². The molecule has 0 aromatic carbocycles. The third-order valence-electron chi connectivity index (χ3n) is 3.26. The molecular weight excluding hydrogens is 234 g/mol. The molecule has 1 atom stereocenters. The largest absolute Gasteiger partial charge is 0.367 e. The van der Waals surface area contributed by atoms with Gasteiger partial charge in [-0.15, -0.1) is 0 Å². The van der Waals surface area contributed by atoms with Crippen molar-refractivity contribution in [2.24, 2.45) is 11.8 Å². The molecule has 0 radical (unpaired) electrons. The van der Waals surface area contributed by atoms with Gasteiger partial charge in [-0.25, -0.2) is 9.97 Å². The van der Waals surface area contributed by atoms with E-state index in [9.17, 15) is 10.1 Å². The summed E-state index contributed by atoms with van der Waals surface area (Å²) in [6, 6.07) is 0. The van der Waals surface area contributed by atoms with E-state index < -0.39 is 4.92 Å². The second-order valence-corrected chi connectivity index (χ2v) is 4.62. The minimum atomic E-state index is -0.462. The second-order valence-electron chi connectivity index (χ2n) is 4.62. The topological polar surface area (TPSA) is 93.0 Å². The van der Waals surface area contributed by atoms with Crippen molar-refractivity contribution in [1.29, 1.82) is 0 Å². The molecule has 1 aliphatic carbocycles. The molecule has 7 heteroatoms. The Morgan fingerprint density at radius 2 is 2.17 bits per heavy atom. The minimum Gasteiger partial charge on any atom is -0.367 e. The first-order chi connectivity index (χ1) is 8.63. The quantitative estimate of drug-likeness (QED) is 0.592. The summed E-state index contributed by atoms with van der Waals surface area (Å²) >= 11 is 0. The molecule has 2 rings (SSSR count). The lowest BCUT2D eigenvalue weighted by Gasteiger charge is -2.12. The average Bonchev–Trinajstić information content (AvgIpc) is 3.19. The van der Waals surface area contributed by atoms with E-state index >= 15 is 0 Å². The molecule has 0 saturated heterocycles. The van der Waals surface area contributed by atoms with Crippen LogP contribution in [0, 0.1) is 22.0 Å². The zero-order valence-corrected chi connectivity index (χ0v) is 10.5. The molecule has 18 heavy (non-hydrogen) atoms. The highest BCUT2D eigenvalue weighted by atomic mass is 16.6. The van der Waals surface area contributed by atoms with Crippen molar-refractivity contribution in [3.05, 3.63) is 16.4 Å². The first-order valence-corrected chi connectivity index (χ1v) is 6.04. The lowest BCUT2D eigenvalue weighted by molar-refractivity contribution is -0.383. The Balaban J connectivity index is 2.12. The van der Waals surface area contributed by atoms with Gasteiger partial charge in [0.05, 0.1) is 4.92 Å². The summed E-state index contributed by atoms with van der Waals surface area (Å²) in [4.78, 5) is 18.4. The van der Waals surface area contributed by atoms with Gasteiger partial charge < -0.3 is 10.6 Å². The van der Waals surface area contributed by atoms with E-state index in [1.165, 1.54) is 19.2 Å². The molecule has 1 fully saturated rings. The van der Waals surface area contributed by atoms with Gasteiger partial charge in [-0.3, -0.25) is 10.1 Å². The number of anilines is 2. The normalized spacial score (nSPS) is 16.1. The summed E-state index contributed by atoms with van der Waals surface area (Å²) in [6.45, 7) is 2.85. The summed E-state index contributed by atoms with van der Waals surface area (Å²) < 4.78 is 0. The highest BCUT2D eigenvalue weighted by Gasteiger charge is 2.29. The van der Waals surface area contributed by atoms with E-state index in [1.54, 1.807) is 7.05 Å². The monoisotopic (exact) mass is 251 g/mol. The van der Waals surface area contributed by atoms with Crippen LogP contribution < -0.4 is 10.6 Å². The van der Waals surface area contributed by atoms with Crippen molar-refractivity contribution < 1.29 is 4.92 Å². The number of hydrogen-bond acceptors (Lipinski definition) is 6. The Bertz CT molecular complexity index is 447. The van der Waals surface area contributed by atoms with Crippen LogP contribution >= 0.6 is 0 Å². The van der Waals surface area contributed by atoms with Crippen LogP contribution in [0.3, 0.4) is 0 Å². The Labute approximate surface area is 105 Å². The summed E-state index contributed by atoms with van der Waals surface area (Å²) in [5.74, 6) is 1.78. The number of rotatable bonds is 6. The van der Waals surface area contributed by atoms with Gasteiger partial charge in [0, 0.05) is 13.6 Å². The lowest BCUT2D eigenvalue weighted by Crippen LogP contribution is -2.15. The maximum absolute atomic E-state index is 11.0. The molecular formula is C11H17N5O2. The first kappa shape index (κ1) is 12.5. The predicted molar refractivity (Wildman–Crippen MR) is 68.6 cm³/mol. The van der Waals surface area contributed by atoms with Crippen molar-refractivity contribution in [3.63, 3.8) is 0 Å². The van der Waals surface area contributed by atoms with Crippen LogP contribution in [-0.2, 0) is 0 Å². The predicted octanol–water partition coefficient (Wildman–Crippen LogP) is 1.88. The molecule has 1 aromatic rings. The smallest absolute Gasteiger partial charge is 0.353 e. The van der Waals surface area contributed by atoms with Gasteiger partial charge in [0.1, 0.15) is 6.33 Å². The van der Waals surface area contributed by atoms with E-state index in [0.29, 0.717) is 12.5 Å². The summed E-state index contributed by atoms with van der Waals surface area (Å²) in [5, 5.41) is 16.8. The molecule has 1 aliphatic rings.